The summed E-state index contributed by atoms with van der Waals surface area (Å²) in [4.78, 5) is 0. The first-order valence-electron chi connectivity index (χ1n) is 5.91. The number of hydrogen-bond acceptors (Lipinski definition) is 2. The van der Waals surface area contributed by atoms with Crippen molar-refractivity contribution in [3.63, 3.8) is 0 Å². The molecule has 0 radical (unpaired) electrons. The van der Waals surface area contributed by atoms with E-state index >= 15 is 0 Å². The fourth-order valence-corrected chi connectivity index (χ4v) is 2.08. The van der Waals surface area contributed by atoms with E-state index in [9.17, 15) is 5.11 Å². The standard InChI is InChI=1S/C16H16O2/c1-3-5-14(17)10-13-7-4-6-12-8-9-15(18-2)11-16(12)13/h1,4,6-9,11,14,17H,5,10H2,2H3. The Bertz CT molecular complexity index is 581. The normalized spacial score (nSPS) is 12.1. The number of hydrogen-bond donors (Lipinski definition) is 1. The van der Waals surface area contributed by atoms with Gasteiger partial charge in [0.1, 0.15) is 5.75 Å². The van der Waals surface area contributed by atoms with E-state index in [-0.39, 0.29) is 0 Å². The maximum atomic E-state index is 9.81. The number of methoxy groups -OCH3 is 1. The van der Waals surface area contributed by atoms with Gasteiger partial charge in [-0.15, -0.1) is 12.3 Å². The second-order valence-corrected chi connectivity index (χ2v) is 4.27. The van der Waals surface area contributed by atoms with Crippen molar-refractivity contribution < 1.29 is 9.84 Å². The summed E-state index contributed by atoms with van der Waals surface area (Å²) in [5.41, 5.74) is 1.09. The summed E-state index contributed by atoms with van der Waals surface area (Å²) in [5.74, 6) is 3.30. The van der Waals surface area contributed by atoms with Crippen LogP contribution in [-0.4, -0.2) is 18.3 Å². The number of ether oxygens (including phenoxy) is 1. The van der Waals surface area contributed by atoms with Gasteiger partial charge in [-0.2, -0.15) is 0 Å². The molecule has 1 unspecified atom stereocenters. The molecule has 0 aliphatic heterocycles. The van der Waals surface area contributed by atoms with Crippen LogP contribution in [0.2, 0.25) is 0 Å². The van der Waals surface area contributed by atoms with Gasteiger partial charge >= 0.3 is 0 Å². The van der Waals surface area contributed by atoms with Crippen molar-refractivity contribution in [1.82, 2.24) is 0 Å². The minimum Gasteiger partial charge on any atom is -0.497 e. The molecule has 2 aromatic rings. The van der Waals surface area contributed by atoms with Crippen LogP contribution in [0.1, 0.15) is 12.0 Å². The number of rotatable bonds is 4. The fourth-order valence-electron chi connectivity index (χ4n) is 2.08. The van der Waals surface area contributed by atoms with E-state index < -0.39 is 6.10 Å². The second-order valence-electron chi connectivity index (χ2n) is 4.27. The Kier molecular flexibility index (Phi) is 3.86. The van der Waals surface area contributed by atoms with Crippen LogP contribution in [0.3, 0.4) is 0 Å². The molecule has 0 spiro atoms. The van der Waals surface area contributed by atoms with Crippen LogP contribution in [0.25, 0.3) is 10.8 Å². The monoisotopic (exact) mass is 240 g/mol. The molecule has 0 aliphatic rings. The largest absolute Gasteiger partial charge is 0.497 e. The summed E-state index contributed by atoms with van der Waals surface area (Å²) in [6, 6.07) is 12.0. The zero-order valence-corrected chi connectivity index (χ0v) is 10.4. The molecule has 2 rings (SSSR count). The summed E-state index contributed by atoms with van der Waals surface area (Å²) in [5, 5.41) is 12.1. The zero-order valence-electron chi connectivity index (χ0n) is 10.4. The molecule has 18 heavy (non-hydrogen) atoms. The molecular weight excluding hydrogens is 224 g/mol. The first kappa shape index (κ1) is 12.5. The number of terminal acetylenes is 1. The van der Waals surface area contributed by atoms with Crippen molar-refractivity contribution in [3.8, 4) is 18.1 Å². The van der Waals surface area contributed by atoms with Crippen molar-refractivity contribution in [1.29, 1.82) is 0 Å². The van der Waals surface area contributed by atoms with Gasteiger partial charge in [0, 0.05) is 6.42 Å². The highest BCUT2D eigenvalue weighted by atomic mass is 16.5. The van der Waals surface area contributed by atoms with Crippen LogP contribution in [0.4, 0.5) is 0 Å². The Labute approximate surface area is 107 Å². The van der Waals surface area contributed by atoms with E-state index in [1.165, 1.54) is 0 Å². The van der Waals surface area contributed by atoms with Gasteiger partial charge in [0.2, 0.25) is 0 Å². The topological polar surface area (TPSA) is 29.5 Å². The molecule has 0 amide bonds. The van der Waals surface area contributed by atoms with Gasteiger partial charge in [-0.25, -0.2) is 0 Å². The second kappa shape index (κ2) is 5.57. The van der Waals surface area contributed by atoms with Crippen LogP contribution >= 0.6 is 0 Å². The molecule has 1 N–H and O–H groups in total. The Hall–Kier alpha value is -1.98. The summed E-state index contributed by atoms with van der Waals surface area (Å²) in [6.45, 7) is 0. The predicted octanol–water partition coefficient (Wildman–Crippen LogP) is 2.78. The molecule has 92 valence electrons. The highest BCUT2D eigenvalue weighted by Gasteiger charge is 2.08. The molecule has 0 saturated heterocycles. The van der Waals surface area contributed by atoms with E-state index in [4.69, 9.17) is 11.2 Å². The van der Waals surface area contributed by atoms with Gasteiger partial charge in [-0.1, -0.05) is 24.3 Å². The van der Waals surface area contributed by atoms with E-state index in [0.29, 0.717) is 12.8 Å². The molecule has 1 atom stereocenters. The van der Waals surface area contributed by atoms with Gasteiger partial charge in [-0.3, -0.25) is 0 Å². The number of fused-ring (bicyclic) bond motifs is 1. The van der Waals surface area contributed by atoms with Crippen LogP contribution in [0, 0.1) is 12.3 Å². The van der Waals surface area contributed by atoms with Crippen molar-refractivity contribution in [2.24, 2.45) is 0 Å². The first-order chi connectivity index (χ1) is 8.74. The molecule has 0 fully saturated rings. The van der Waals surface area contributed by atoms with Crippen LogP contribution in [-0.2, 0) is 6.42 Å². The third-order valence-corrected chi connectivity index (χ3v) is 2.99. The summed E-state index contributed by atoms with van der Waals surface area (Å²) in [7, 11) is 1.65. The van der Waals surface area contributed by atoms with Crippen molar-refractivity contribution in [3.05, 3.63) is 42.0 Å². The molecule has 0 bridgehead atoms. The Morgan fingerprint density at radius 3 is 2.89 bits per heavy atom. The Balaban J connectivity index is 2.40. The van der Waals surface area contributed by atoms with Crippen LogP contribution in [0.5, 0.6) is 5.75 Å². The average molecular weight is 240 g/mol. The lowest BCUT2D eigenvalue weighted by molar-refractivity contribution is 0.181. The third kappa shape index (κ3) is 2.64. The van der Waals surface area contributed by atoms with Crippen molar-refractivity contribution >= 4 is 10.8 Å². The molecule has 0 aliphatic carbocycles. The molecule has 2 heteroatoms. The summed E-state index contributed by atoms with van der Waals surface area (Å²) in [6.07, 6.45) is 5.66. The Morgan fingerprint density at radius 1 is 1.33 bits per heavy atom. The number of aliphatic hydroxyl groups is 1. The molecule has 2 aromatic carbocycles. The molecule has 0 saturated carbocycles. The van der Waals surface area contributed by atoms with E-state index in [2.05, 4.69) is 5.92 Å². The third-order valence-electron chi connectivity index (χ3n) is 2.99. The van der Waals surface area contributed by atoms with E-state index in [0.717, 1.165) is 22.1 Å². The highest BCUT2D eigenvalue weighted by molar-refractivity contribution is 5.87. The quantitative estimate of drug-likeness (QED) is 0.833. The van der Waals surface area contributed by atoms with Gasteiger partial charge in [0.05, 0.1) is 13.2 Å². The van der Waals surface area contributed by atoms with E-state index in [1.807, 2.05) is 36.4 Å². The summed E-state index contributed by atoms with van der Waals surface area (Å²) < 4.78 is 5.23. The van der Waals surface area contributed by atoms with E-state index in [1.54, 1.807) is 7.11 Å². The maximum Gasteiger partial charge on any atom is 0.119 e. The summed E-state index contributed by atoms with van der Waals surface area (Å²) >= 11 is 0. The predicted molar refractivity (Wildman–Crippen MR) is 73.7 cm³/mol. The molecule has 2 nitrogen and oxygen atoms in total. The van der Waals surface area contributed by atoms with Gasteiger partial charge < -0.3 is 9.84 Å². The molecule has 0 aromatic heterocycles. The lowest BCUT2D eigenvalue weighted by atomic mass is 9.98. The smallest absolute Gasteiger partial charge is 0.119 e. The van der Waals surface area contributed by atoms with Gasteiger partial charge in [0.25, 0.3) is 0 Å². The van der Waals surface area contributed by atoms with Crippen molar-refractivity contribution in [2.45, 2.75) is 18.9 Å². The molecular formula is C16H16O2. The Morgan fingerprint density at radius 2 is 2.17 bits per heavy atom. The van der Waals surface area contributed by atoms with Crippen LogP contribution in [0.15, 0.2) is 36.4 Å². The van der Waals surface area contributed by atoms with Crippen LogP contribution < -0.4 is 4.74 Å². The van der Waals surface area contributed by atoms with Gasteiger partial charge in [0.15, 0.2) is 0 Å². The minimum atomic E-state index is -0.494. The fraction of sp³-hybridized carbons (Fsp3) is 0.250. The van der Waals surface area contributed by atoms with Crippen molar-refractivity contribution in [2.75, 3.05) is 7.11 Å². The highest BCUT2D eigenvalue weighted by Crippen LogP contribution is 2.25. The first-order valence-corrected chi connectivity index (χ1v) is 5.91. The zero-order chi connectivity index (χ0) is 13.0. The average Bonchev–Trinajstić information content (AvgIpc) is 2.39. The number of aliphatic hydroxyl groups excluding tert-OH is 1. The maximum absolute atomic E-state index is 9.81. The number of benzene rings is 2. The molecule has 0 heterocycles. The SMILES string of the molecule is C#CCC(O)Cc1cccc2ccc(OC)cc12. The lowest BCUT2D eigenvalue weighted by Crippen LogP contribution is -2.09. The minimum absolute atomic E-state index is 0.375. The lowest BCUT2D eigenvalue weighted by Gasteiger charge is -2.11. The van der Waals surface area contributed by atoms with Gasteiger partial charge in [-0.05, 0) is 34.9 Å².